The molecule has 0 bridgehead atoms. The Morgan fingerprint density at radius 2 is 1.87 bits per heavy atom. The van der Waals surface area contributed by atoms with Gasteiger partial charge >= 0.3 is 0 Å². The van der Waals surface area contributed by atoms with E-state index >= 15 is 0 Å². The van der Waals surface area contributed by atoms with Gasteiger partial charge < -0.3 is 5.32 Å². The third-order valence-electron chi connectivity index (χ3n) is 4.28. The molecule has 0 radical (unpaired) electrons. The minimum atomic E-state index is -3.25. The zero-order valence-electron chi connectivity index (χ0n) is 14.0. The summed E-state index contributed by atoms with van der Waals surface area (Å²) in [6.07, 6.45) is 4.03. The van der Waals surface area contributed by atoms with Crippen molar-refractivity contribution in [3.8, 4) is 0 Å². The summed E-state index contributed by atoms with van der Waals surface area (Å²) >= 11 is 5.89. The maximum Gasteiger partial charge on any atom is 0.216 e. The molecule has 1 heterocycles. The molecule has 0 saturated heterocycles. The highest BCUT2D eigenvalue weighted by atomic mass is 35.5. The maximum atomic E-state index is 12.1. The second kappa shape index (κ2) is 7.36. The first-order valence-corrected chi connectivity index (χ1v) is 9.92. The topological polar surface area (TPSA) is 71.1 Å². The minimum absolute atomic E-state index is 0.372. The predicted octanol–water partition coefficient (Wildman–Crippen LogP) is 3.42. The number of nitrogens with one attached hydrogen (secondary N) is 2. The van der Waals surface area contributed by atoms with Gasteiger partial charge in [0.05, 0.1) is 4.75 Å². The lowest BCUT2D eigenvalue weighted by Crippen LogP contribution is -2.42. The van der Waals surface area contributed by atoms with Crippen LogP contribution in [0.15, 0.2) is 18.2 Å². The van der Waals surface area contributed by atoms with E-state index in [1.54, 1.807) is 26.8 Å². The van der Waals surface area contributed by atoms with Gasteiger partial charge in [-0.1, -0.05) is 17.7 Å². The Morgan fingerprint density at radius 1 is 1.22 bits per heavy atom. The van der Waals surface area contributed by atoms with Crippen molar-refractivity contribution in [2.75, 3.05) is 11.9 Å². The van der Waals surface area contributed by atoms with E-state index in [9.17, 15) is 8.42 Å². The van der Waals surface area contributed by atoms with Gasteiger partial charge in [-0.25, -0.2) is 18.1 Å². The van der Waals surface area contributed by atoms with Crippen LogP contribution in [0.5, 0.6) is 0 Å². The number of hydrogen-bond acceptors (Lipinski definition) is 4. The van der Waals surface area contributed by atoms with Gasteiger partial charge in [-0.3, -0.25) is 0 Å². The standard InChI is InChI=1S/C16H26ClN3O2S/c1-16(2,3)23(21,22)18-11-12-7-9-13(10-8-12)19-15-6-4-5-14(17)20-15/h4-6,12-13,18H,7-11H2,1-3H3,(H,19,20). The van der Waals surface area contributed by atoms with Crippen LogP contribution in [-0.2, 0) is 10.0 Å². The van der Waals surface area contributed by atoms with E-state index in [2.05, 4.69) is 15.0 Å². The van der Waals surface area contributed by atoms with Crippen LogP contribution in [0.3, 0.4) is 0 Å². The lowest BCUT2D eigenvalue weighted by molar-refractivity contribution is 0.336. The molecule has 0 amide bonds. The molecule has 23 heavy (non-hydrogen) atoms. The van der Waals surface area contributed by atoms with Crippen LogP contribution in [0.25, 0.3) is 0 Å². The van der Waals surface area contributed by atoms with E-state index in [0.717, 1.165) is 31.5 Å². The van der Waals surface area contributed by atoms with Gasteiger partial charge in [0.15, 0.2) is 0 Å². The van der Waals surface area contributed by atoms with Crippen molar-refractivity contribution < 1.29 is 8.42 Å². The molecule has 130 valence electrons. The smallest absolute Gasteiger partial charge is 0.216 e. The van der Waals surface area contributed by atoms with Gasteiger partial charge in [0.1, 0.15) is 11.0 Å². The van der Waals surface area contributed by atoms with Gasteiger partial charge in [-0.15, -0.1) is 0 Å². The molecule has 2 rings (SSSR count). The van der Waals surface area contributed by atoms with Crippen LogP contribution in [0, 0.1) is 5.92 Å². The molecule has 1 aromatic heterocycles. The Kier molecular flexibility index (Phi) is 5.92. The van der Waals surface area contributed by atoms with E-state index in [4.69, 9.17) is 11.6 Å². The van der Waals surface area contributed by atoms with Crippen LogP contribution in [0.2, 0.25) is 5.15 Å². The molecule has 1 fully saturated rings. The first-order valence-electron chi connectivity index (χ1n) is 8.06. The predicted molar refractivity (Wildman–Crippen MR) is 95.3 cm³/mol. The van der Waals surface area contributed by atoms with Crippen LogP contribution >= 0.6 is 11.6 Å². The summed E-state index contributed by atoms with van der Waals surface area (Å²) in [5.74, 6) is 1.20. The normalized spacial score (nSPS) is 22.8. The average Bonchev–Trinajstić information content (AvgIpc) is 2.45. The molecule has 1 aliphatic rings. The fourth-order valence-electron chi connectivity index (χ4n) is 2.65. The summed E-state index contributed by atoms with van der Waals surface area (Å²) in [5, 5.41) is 3.89. The van der Waals surface area contributed by atoms with Gasteiger partial charge in [-0.2, -0.15) is 0 Å². The largest absolute Gasteiger partial charge is 0.367 e. The molecule has 5 nitrogen and oxygen atoms in total. The number of nitrogens with zero attached hydrogens (tertiary/aromatic N) is 1. The molecule has 1 aliphatic carbocycles. The second-order valence-corrected chi connectivity index (χ2v) is 10.1. The Hall–Kier alpha value is -0.850. The number of anilines is 1. The number of sulfonamides is 1. The van der Waals surface area contributed by atoms with Crippen LogP contribution < -0.4 is 10.0 Å². The SMILES string of the molecule is CC(C)(C)S(=O)(=O)NCC1CCC(Nc2cccc(Cl)n2)CC1. The quantitative estimate of drug-likeness (QED) is 0.790. The molecule has 1 aromatic rings. The van der Waals surface area contributed by atoms with E-state index in [0.29, 0.717) is 23.7 Å². The van der Waals surface area contributed by atoms with Crippen molar-refractivity contribution in [3.05, 3.63) is 23.4 Å². The number of hydrogen-bond donors (Lipinski definition) is 2. The van der Waals surface area contributed by atoms with Crippen molar-refractivity contribution in [1.29, 1.82) is 0 Å². The van der Waals surface area contributed by atoms with Crippen molar-refractivity contribution in [3.63, 3.8) is 0 Å². The van der Waals surface area contributed by atoms with Crippen molar-refractivity contribution in [2.45, 2.75) is 57.2 Å². The van der Waals surface area contributed by atoms with Crippen LogP contribution in [0.1, 0.15) is 46.5 Å². The summed E-state index contributed by atoms with van der Waals surface area (Å²) in [7, 11) is -3.25. The van der Waals surface area contributed by atoms with Crippen LogP contribution in [-0.4, -0.2) is 30.7 Å². The van der Waals surface area contributed by atoms with Crippen molar-refractivity contribution >= 4 is 27.4 Å². The lowest BCUT2D eigenvalue weighted by atomic mass is 9.86. The van der Waals surface area contributed by atoms with E-state index in [1.807, 2.05) is 12.1 Å². The molecule has 1 saturated carbocycles. The number of rotatable bonds is 5. The monoisotopic (exact) mass is 359 g/mol. The average molecular weight is 360 g/mol. The van der Waals surface area contributed by atoms with E-state index in [-0.39, 0.29) is 0 Å². The molecular formula is C16H26ClN3O2S. The zero-order chi connectivity index (χ0) is 17.1. The fourth-order valence-corrected chi connectivity index (χ4v) is 3.70. The summed E-state index contributed by atoms with van der Waals surface area (Å²) in [4.78, 5) is 4.24. The molecule has 0 unspecified atom stereocenters. The van der Waals surface area contributed by atoms with E-state index in [1.165, 1.54) is 0 Å². The third kappa shape index (κ3) is 5.33. The molecule has 7 heteroatoms. The van der Waals surface area contributed by atoms with Gasteiger partial charge in [0.2, 0.25) is 10.0 Å². The Morgan fingerprint density at radius 3 is 2.43 bits per heavy atom. The highest BCUT2D eigenvalue weighted by Gasteiger charge is 2.30. The fraction of sp³-hybridized carbons (Fsp3) is 0.688. The molecule has 0 atom stereocenters. The molecule has 0 aliphatic heterocycles. The third-order valence-corrected chi connectivity index (χ3v) is 6.65. The summed E-state index contributed by atoms with van der Waals surface area (Å²) in [6.45, 7) is 5.68. The number of aromatic nitrogens is 1. The first-order chi connectivity index (χ1) is 10.7. The number of pyridine rings is 1. The van der Waals surface area contributed by atoms with Crippen molar-refractivity contribution in [1.82, 2.24) is 9.71 Å². The summed E-state index contributed by atoms with van der Waals surface area (Å²) in [6, 6.07) is 5.92. The highest BCUT2D eigenvalue weighted by molar-refractivity contribution is 7.90. The molecule has 0 spiro atoms. The minimum Gasteiger partial charge on any atom is -0.367 e. The highest BCUT2D eigenvalue weighted by Crippen LogP contribution is 2.26. The Bertz CT molecular complexity index is 620. The summed E-state index contributed by atoms with van der Waals surface area (Å²) in [5.41, 5.74) is 0. The lowest BCUT2D eigenvalue weighted by Gasteiger charge is -2.30. The second-order valence-electron chi connectivity index (χ2n) is 7.17. The van der Waals surface area contributed by atoms with Gasteiger partial charge in [0.25, 0.3) is 0 Å². The van der Waals surface area contributed by atoms with E-state index < -0.39 is 14.8 Å². The van der Waals surface area contributed by atoms with Gasteiger partial charge in [0, 0.05) is 12.6 Å². The van der Waals surface area contributed by atoms with Crippen molar-refractivity contribution in [2.24, 2.45) is 5.92 Å². The van der Waals surface area contributed by atoms with Gasteiger partial charge in [-0.05, 0) is 64.5 Å². The summed E-state index contributed by atoms with van der Waals surface area (Å²) < 4.78 is 26.2. The first kappa shape index (κ1) is 18.5. The van der Waals surface area contributed by atoms with Crippen LogP contribution in [0.4, 0.5) is 5.82 Å². The zero-order valence-corrected chi connectivity index (χ0v) is 15.5. The number of halogens is 1. The Balaban J connectivity index is 1.78. The Labute approximate surface area is 144 Å². The molecule has 0 aromatic carbocycles. The molecule has 2 N–H and O–H groups in total. The maximum absolute atomic E-state index is 12.1. The molecular weight excluding hydrogens is 334 g/mol.